The number of ether oxygens (including phenoxy) is 1. The lowest BCUT2D eigenvalue weighted by molar-refractivity contribution is -0.122. The van der Waals surface area contributed by atoms with Gasteiger partial charge in [0.15, 0.2) is 6.10 Å². The summed E-state index contributed by atoms with van der Waals surface area (Å²) in [7, 11) is 0. The minimum absolute atomic E-state index is 0.186. The molecule has 0 saturated heterocycles. The average molecular weight is 275 g/mol. The molecule has 2 aromatic carbocycles. The topological polar surface area (TPSA) is 38.3 Å². The largest absolute Gasteiger partial charge is 0.480 e. The summed E-state index contributed by atoms with van der Waals surface area (Å²) < 4.78 is 32.0. The zero-order chi connectivity index (χ0) is 14.1. The fourth-order valence-corrected chi connectivity index (χ4v) is 2.13. The quantitative estimate of drug-likeness (QED) is 0.915. The second-order valence-electron chi connectivity index (χ2n) is 4.53. The fraction of sp³-hybridized carbons (Fsp3) is 0.133. The van der Waals surface area contributed by atoms with Gasteiger partial charge in [0, 0.05) is 12.5 Å². The number of rotatable bonds is 2. The summed E-state index contributed by atoms with van der Waals surface area (Å²) in [4.78, 5) is 12.0. The Morgan fingerprint density at radius 3 is 2.80 bits per heavy atom. The molecule has 0 aliphatic carbocycles. The highest BCUT2D eigenvalue weighted by molar-refractivity contribution is 5.95. The van der Waals surface area contributed by atoms with E-state index in [1.165, 1.54) is 0 Å². The van der Waals surface area contributed by atoms with Gasteiger partial charge in [0.1, 0.15) is 17.4 Å². The number of para-hydroxylation sites is 1. The molecule has 1 amide bonds. The molecule has 3 nitrogen and oxygen atoms in total. The summed E-state index contributed by atoms with van der Waals surface area (Å²) in [5.41, 5.74) is 0.738. The van der Waals surface area contributed by atoms with Crippen molar-refractivity contribution in [3.63, 3.8) is 0 Å². The van der Waals surface area contributed by atoms with Gasteiger partial charge in [0.05, 0.1) is 5.69 Å². The number of amides is 1. The lowest BCUT2D eigenvalue weighted by atomic mass is 10.1. The van der Waals surface area contributed by atoms with Crippen LogP contribution in [0.2, 0.25) is 0 Å². The Balaban J connectivity index is 1.74. The molecule has 1 aliphatic heterocycles. The van der Waals surface area contributed by atoms with Crippen LogP contribution in [-0.2, 0) is 11.2 Å². The van der Waals surface area contributed by atoms with Gasteiger partial charge in [0.2, 0.25) is 0 Å². The van der Waals surface area contributed by atoms with Gasteiger partial charge in [-0.15, -0.1) is 0 Å². The second kappa shape index (κ2) is 4.92. The second-order valence-corrected chi connectivity index (χ2v) is 4.53. The first-order valence-electron chi connectivity index (χ1n) is 6.14. The fourth-order valence-electron chi connectivity index (χ4n) is 2.13. The van der Waals surface area contributed by atoms with Crippen molar-refractivity contribution in [2.24, 2.45) is 0 Å². The van der Waals surface area contributed by atoms with Crippen LogP contribution in [0.3, 0.4) is 0 Å². The van der Waals surface area contributed by atoms with Crippen molar-refractivity contribution in [3.8, 4) is 5.75 Å². The molecule has 0 unspecified atom stereocenters. The van der Waals surface area contributed by atoms with Crippen molar-refractivity contribution in [1.82, 2.24) is 0 Å². The number of fused-ring (bicyclic) bond motifs is 1. The summed E-state index contributed by atoms with van der Waals surface area (Å²) >= 11 is 0. The molecule has 0 radical (unpaired) electrons. The smallest absolute Gasteiger partial charge is 0.265 e. The molecule has 0 bridgehead atoms. The molecule has 3 rings (SSSR count). The van der Waals surface area contributed by atoms with Gasteiger partial charge in [-0.2, -0.15) is 0 Å². The highest BCUT2D eigenvalue weighted by atomic mass is 19.1. The van der Waals surface area contributed by atoms with Crippen LogP contribution >= 0.6 is 0 Å². The van der Waals surface area contributed by atoms with Crippen LogP contribution in [0.1, 0.15) is 5.56 Å². The minimum Gasteiger partial charge on any atom is -0.480 e. The van der Waals surface area contributed by atoms with Crippen molar-refractivity contribution in [3.05, 3.63) is 59.7 Å². The van der Waals surface area contributed by atoms with E-state index in [2.05, 4.69) is 5.32 Å². The first-order chi connectivity index (χ1) is 9.63. The summed E-state index contributed by atoms with van der Waals surface area (Å²) in [6, 6.07) is 10.2. The van der Waals surface area contributed by atoms with E-state index in [0.29, 0.717) is 12.2 Å². The maximum Gasteiger partial charge on any atom is 0.265 e. The number of carbonyl (C=O) groups excluding carboxylic acids is 1. The molecule has 0 aromatic heterocycles. The molecular formula is C15H11F2NO2. The number of carbonyl (C=O) groups is 1. The molecule has 102 valence electrons. The zero-order valence-corrected chi connectivity index (χ0v) is 10.4. The maximum atomic E-state index is 13.5. The van der Waals surface area contributed by atoms with Crippen LogP contribution in [0.4, 0.5) is 14.5 Å². The van der Waals surface area contributed by atoms with E-state index in [9.17, 15) is 13.6 Å². The molecule has 2 aromatic rings. The Labute approximate surface area is 114 Å². The van der Waals surface area contributed by atoms with Crippen molar-refractivity contribution in [2.75, 3.05) is 5.32 Å². The van der Waals surface area contributed by atoms with Crippen molar-refractivity contribution < 1.29 is 18.3 Å². The van der Waals surface area contributed by atoms with Gasteiger partial charge >= 0.3 is 0 Å². The van der Waals surface area contributed by atoms with E-state index in [1.54, 1.807) is 6.07 Å². The van der Waals surface area contributed by atoms with E-state index in [4.69, 9.17) is 4.74 Å². The first kappa shape index (κ1) is 12.6. The van der Waals surface area contributed by atoms with Gasteiger partial charge in [-0.3, -0.25) is 4.79 Å². The Bertz CT molecular complexity index is 648. The maximum absolute atomic E-state index is 13.5. The third kappa shape index (κ3) is 2.34. The molecule has 20 heavy (non-hydrogen) atoms. The van der Waals surface area contributed by atoms with Gasteiger partial charge in [-0.25, -0.2) is 8.78 Å². The van der Waals surface area contributed by atoms with Gasteiger partial charge in [0.25, 0.3) is 5.91 Å². The lowest BCUT2D eigenvalue weighted by Gasteiger charge is -2.12. The molecule has 1 aliphatic rings. The van der Waals surface area contributed by atoms with Crippen LogP contribution < -0.4 is 10.1 Å². The first-order valence-corrected chi connectivity index (χ1v) is 6.14. The molecule has 5 heteroatoms. The molecular weight excluding hydrogens is 264 g/mol. The number of benzene rings is 2. The standard InChI is InChI=1S/C15H11F2NO2/c16-10-5-6-11(17)12(8-10)18-15(19)14-7-9-3-1-2-4-13(9)20-14/h1-6,8,14H,7H2,(H,18,19)/t14-/m0/s1. The van der Waals surface area contributed by atoms with Crippen LogP contribution in [0.25, 0.3) is 0 Å². The van der Waals surface area contributed by atoms with E-state index in [0.717, 1.165) is 23.8 Å². The number of hydrogen-bond donors (Lipinski definition) is 1. The number of halogens is 2. The molecule has 1 atom stereocenters. The molecule has 1 N–H and O–H groups in total. The highest BCUT2D eigenvalue weighted by Gasteiger charge is 2.29. The van der Waals surface area contributed by atoms with E-state index >= 15 is 0 Å². The van der Waals surface area contributed by atoms with Gasteiger partial charge in [-0.05, 0) is 23.8 Å². The van der Waals surface area contributed by atoms with Crippen LogP contribution in [0.15, 0.2) is 42.5 Å². The predicted octanol–water partition coefficient (Wildman–Crippen LogP) is 2.91. The Morgan fingerprint density at radius 1 is 1.20 bits per heavy atom. The summed E-state index contributed by atoms with van der Waals surface area (Å²) in [5, 5.41) is 2.35. The summed E-state index contributed by atoms with van der Waals surface area (Å²) in [6.07, 6.45) is -0.311. The van der Waals surface area contributed by atoms with Crippen LogP contribution in [-0.4, -0.2) is 12.0 Å². The molecule has 1 heterocycles. The zero-order valence-electron chi connectivity index (χ0n) is 10.4. The monoisotopic (exact) mass is 275 g/mol. The van der Waals surface area contributed by atoms with Crippen LogP contribution in [0.5, 0.6) is 5.75 Å². The third-order valence-electron chi connectivity index (χ3n) is 3.13. The third-order valence-corrected chi connectivity index (χ3v) is 3.13. The van der Waals surface area contributed by atoms with Crippen LogP contribution in [0, 0.1) is 11.6 Å². The van der Waals surface area contributed by atoms with E-state index in [-0.39, 0.29) is 5.69 Å². The number of hydrogen-bond acceptors (Lipinski definition) is 2. The number of anilines is 1. The highest BCUT2D eigenvalue weighted by Crippen LogP contribution is 2.28. The molecule has 0 spiro atoms. The number of nitrogens with one attached hydrogen (secondary N) is 1. The minimum atomic E-state index is -0.727. The lowest BCUT2D eigenvalue weighted by Crippen LogP contribution is -2.31. The Kier molecular flexibility index (Phi) is 3.10. The van der Waals surface area contributed by atoms with Crippen molar-refractivity contribution in [1.29, 1.82) is 0 Å². The normalized spacial score (nSPS) is 16.4. The van der Waals surface area contributed by atoms with Crippen molar-refractivity contribution in [2.45, 2.75) is 12.5 Å². The van der Waals surface area contributed by atoms with E-state index < -0.39 is 23.6 Å². The summed E-state index contributed by atoms with van der Waals surface area (Å²) in [6.45, 7) is 0. The Hall–Kier alpha value is -2.43. The molecule has 0 fully saturated rings. The van der Waals surface area contributed by atoms with Crippen molar-refractivity contribution >= 4 is 11.6 Å². The molecule has 0 saturated carbocycles. The van der Waals surface area contributed by atoms with Gasteiger partial charge in [-0.1, -0.05) is 18.2 Å². The summed E-state index contributed by atoms with van der Waals surface area (Å²) in [5.74, 6) is -1.15. The predicted molar refractivity (Wildman–Crippen MR) is 69.5 cm³/mol. The average Bonchev–Trinajstić information content (AvgIpc) is 2.87. The van der Waals surface area contributed by atoms with E-state index in [1.807, 2.05) is 18.2 Å². The SMILES string of the molecule is O=C(Nc1cc(F)ccc1F)[C@@H]1Cc2ccccc2O1. The van der Waals surface area contributed by atoms with Gasteiger partial charge < -0.3 is 10.1 Å². The Morgan fingerprint density at radius 2 is 2.00 bits per heavy atom.